The van der Waals surface area contributed by atoms with E-state index < -0.39 is 60.0 Å². The molecular formula is C65H109N5O18. The van der Waals surface area contributed by atoms with Gasteiger partial charge in [0.2, 0.25) is 29.5 Å². The van der Waals surface area contributed by atoms with Crippen molar-refractivity contribution in [1.29, 1.82) is 0 Å². The van der Waals surface area contributed by atoms with Crippen LogP contribution >= 0.6 is 0 Å². The lowest BCUT2D eigenvalue weighted by Crippen LogP contribution is -2.53. The van der Waals surface area contributed by atoms with Crippen molar-refractivity contribution in [2.24, 2.45) is 59.2 Å². The SMILES string of the molecule is CC(C)CN1CC(C(=O)OCCOC(=O)C2CC(=O)N(CC(C)C)C2)CC1=O.CCOCC(OCC)C(OCCC(=O)C1CC(=O)N(CC(C)C)C1)C(OCCC(=O)C1CC(=O)N(CC(C)C)C1)C(COCCC(=O)C1CC(=O)N(CC(C)C)C1)OCC. The van der Waals surface area contributed by atoms with E-state index in [4.69, 9.17) is 37.9 Å². The van der Waals surface area contributed by atoms with Crippen molar-refractivity contribution >= 4 is 58.8 Å². The number of carbonyl (C=O) groups excluding carboxylic acids is 10. The molecular weight excluding hydrogens is 1140 g/mol. The lowest BCUT2D eigenvalue weighted by atomic mass is 9.99. The zero-order valence-corrected chi connectivity index (χ0v) is 55.5. The molecule has 0 radical (unpaired) electrons. The third-order valence-electron chi connectivity index (χ3n) is 16.0. The Morgan fingerprint density at radius 2 is 0.636 bits per heavy atom. The van der Waals surface area contributed by atoms with Crippen molar-refractivity contribution < 1.29 is 85.8 Å². The minimum absolute atomic E-state index is 0.00116. The molecule has 0 aromatic carbocycles. The number of esters is 2. The van der Waals surface area contributed by atoms with Crippen LogP contribution in [-0.4, -0.2) is 239 Å². The van der Waals surface area contributed by atoms with E-state index in [1.165, 1.54) is 0 Å². The van der Waals surface area contributed by atoms with Crippen LogP contribution in [0.25, 0.3) is 0 Å². The van der Waals surface area contributed by atoms with E-state index in [9.17, 15) is 47.9 Å². The van der Waals surface area contributed by atoms with E-state index in [0.717, 1.165) is 0 Å². The Morgan fingerprint density at radius 3 is 0.920 bits per heavy atom. The van der Waals surface area contributed by atoms with Crippen LogP contribution in [-0.2, 0) is 85.8 Å². The number of carbonyl (C=O) groups is 10. The Morgan fingerprint density at radius 1 is 0.364 bits per heavy atom. The molecule has 5 aliphatic rings. The van der Waals surface area contributed by atoms with Gasteiger partial charge >= 0.3 is 11.9 Å². The number of ether oxygens (including phenoxy) is 8. The molecule has 5 aliphatic heterocycles. The Kier molecular flexibility index (Phi) is 33.2. The minimum atomic E-state index is -0.866. The first kappa shape index (κ1) is 75.5. The van der Waals surface area contributed by atoms with Crippen LogP contribution in [0.2, 0.25) is 0 Å². The van der Waals surface area contributed by atoms with E-state index in [-0.39, 0.29) is 163 Å². The standard InChI is InChI=1S/C45H77N3O12.C20H32N2O6/c1-10-55-28-39(57-11-2)44(59-17-14-37(50)34-20-42(53)47(26-34)23-31(6)7)45(60-18-15-38(51)35-21-43(54)48(27-35)24-32(8)9)40(58-12-3)29-56-16-13-36(49)33-19-41(52)46(25-33)22-30(4)5;1-13(2)9-21-11-15(7-17(21)23)19(25)27-5-6-28-20(26)16-8-18(24)22(12-16)10-14(3)4/h30-35,39-40,44-45H,10-29H2,1-9H3;13-16H,5-12H2,1-4H3. The van der Waals surface area contributed by atoms with Gasteiger partial charge in [0.1, 0.15) is 55.0 Å². The molecule has 0 aromatic heterocycles. The second-order valence-electron chi connectivity index (χ2n) is 26.3. The maximum Gasteiger partial charge on any atom is 0.311 e. The molecule has 5 amide bonds. The van der Waals surface area contributed by atoms with Gasteiger partial charge in [-0.25, -0.2) is 0 Å². The van der Waals surface area contributed by atoms with Crippen molar-refractivity contribution in [2.45, 2.75) is 166 Å². The molecule has 23 nitrogen and oxygen atoms in total. The van der Waals surface area contributed by atoms with Crippen LogP contribution in [0.15, 0.2) is 0 Å². The average molecular weight is 1250 g/mol. The Balaban J connectivity index is 0.000000491. The summed E-state index contributed by atoms with van der Waals surface area (Å²) in [5, 5.41) is 0. The van der Waals surface area contributed by atoms with Crippen molar-refractivity contribution in [2.75, 3.05) is 132 Å². The fourth-order valence-corrected chi connectivity index (χ4v) is 12.0. The Labute approximate surface area is 523 Å². The molecule has 0 N–H and O–H groups in total. The average Bonchev–Trinajstić information content (AvgIpc) is 4.51. The zero-order valence-electron chi connectivity index (χ0n) is 55.5. The summed E-state index contributed by atoms with van der Waals surface area (Å²) in [6.45, 7) is 32.2. The van der Waals surface area contributed by atoms with Gasteiger partial charge in [0.25, 0.3) is 0 Å². The molecule has 88 heavy (non-hydrogen) atoms. The van der Waals surface area contributed by atoms with E-state index in [1.807, 2.05) is 90.0 Å². The monoisotopic (exact) mass is 1250 g/mol. The van der Waals surface area contributed by atoms with Gasteiger partial charge in [-0.1, -0.05) is 69.2 Å². The predicted molar refractivity (Wildman–Crippen MR) is 326 cm³/mol. The molecule has 0 aromatic rings. The maximum atomic E-state index is 13.5. The Bertz CT molecular complexity index is 2210. The highest BCUT2D eigenvalue weighted by Gasteiger charge is 2.42. The molecule has 9 atom stereocenters. The lowest BCUT2D eigenvalue weighted by Gasteiger charge is -2.37. The minimum Gasteiger partial charge on any atom is -0.462 e. The molecule has 502 valence electrons. The van der Waals surface area contributed by atoms with Crippen LogP contribution in [0.1, 0.15) is 141 Å². The maximum absolute atomic E-state index is 13.5. The summed E-state index contributed by atoms with van der Waals surface area (Å²) >= 11 is 0. The van der Waals surface area contributed by atoms with Crippen molar-refractivity contribution in [1.82, 2.24) is 24.5 Å². The van der Waals surface area contributed by atoms with Crippen molar-refractivity contribution in [3.8, 4) is 0 Å². The topological polar surface area (TPSA) is 261 Å². The molecule has 9 unspecified atom stereocenters. The summed E-state index contributed by atoms with van der Waals surface area (Å²) in [5.41, 5.74) is 0. The van der Waals surface area contributed by atoms with Gasteiger partial charge in [-0.2, -0.15) is 0 Å². The first-order valence-electron chi connectivity index (χ1n) is 32.7. The fourth-order valence-electron chi connectivity index (χ4n) is 12.0. The summed E-state index contributed by atoms with van der Waals surface area (Å²) in [4.78, 5) is 135. The van der Waals surface area contributed by atoms with E-state index in [1.54, 1.807) is 24.5 Å². The van der Waals surface area contributed by atoms with Gasteiger partial charge in [-0.15, -0.1) is 0 Å². The number of Topliss-reactive ketones (excluding diaryl/α,β-unsaturated/α-hetero) is 3. The number of ketones is 3. The van der Waals surface area contributed by atoms with E-state index in [0.29, 0.717) is 102 Å². The molecule has 0 aliphatic carbocycles. The molecule has 0 saturated carbocycles. The first-order valence-corrected chi connectivity index (χ1v) is 32.7. The van der Waals surface area contributed by atoms with E-state index in [2.05, 4.69) is 0 Å². The number of hydrogen-bond donors (Lipinski definition) is 0. The third-order valence-corrected chi connectivity index (χ3v) is 16.0. The smallest absolute Gasteiger partial charge is 0.311 e. The summed E-state index contributed by atoms with van der Waals surface area (Å²) < 4.78 is 47.9. The normalized spacial score (nSPS) is 22.1. The molecule has 5 rings (SSSR count). The number of rotatable bonds is 41. The molecule has 0 bridgehead atoms. The number of nitrogens with zero attached hydrogens (tertiary/aromatic N) is 5. The fraction of sp³-hybridized carbons (Fsp3) is 0.846. The molecule has 5 heterocycles. The van der Waals surface area contributed by atoms with Crippen molar-refractivity contribution in [3.63, 3.8) is 0 Å². The quantitative estimate of drug-likeness (QED) is 0.0570. The first-order chi connectivity index (χ1) is 41.7. The third kappa shape index (κ3) is 25.4. The highest BCUT2D eigenvalue weighted by atomic mass is 16.6. The van der Waals surface area contributed by atoms with E-state index >= 15 is 0 Å². The molecule has 23 heteroatoms. The highest BCUT2D eigenvalue weighted by Crippen LogP contribution is 2.28. The van der Waals surface area contributed by atoms with Gasteiger partial charge in [0.15, 0.2) is 0 Å². The Hall–Kier alpha value is -4.94. The van der Waals surface area contributed by atoms with Crippen LogP contribution < -0.4 is 0 Å². The largest absolute Gasteiger partial charge is 0.462 e. The second-order valence-corrected chi connectivity index (χ2v) is 26.3. The van der Waals surface area contributed by atoms with Gasteiger partial charge in [0.05, 0.1) is 44.9 Å². The summed E-state index contributed by atoms with van der Waals surface area (Å²) in [6.07, 6.45) is -1.94. The summed E-state index contributed by atoms with van der Waals surface area (Å²) in [7, 11) is 0. The van der Waals surface area contributed by atoms with Gasteiger partial charge < -0.3 is 62.4 Å². The summed E-state index contributed by atoms with van der Waals surface area (Å²) in [5.74, 6) is -1.64. The van der Waals surface area contributed by atoms with Gasteiger partial charge in [0, 0.05) is 154 Å². The number of amides is 5. The number of hydrogen-bond acceptors (Lipinski definition) is 18. The molecule has 5 fully saturated rings. The molecule has 0 spiro atoms. The van der Waals surface area contributed by atoms with Crippen molar-refractivity contribution in [3.05, 3.63) is 0 Å². The highest BCUT2D eigenvalue weighted by molar-refractivity contribution is 5.92. The molecule has 5 saturated heterocycles. The summed E-state index contributed by atoms with van der Waals surface area (Å²) in [6, 6.07) is 0. The zero-order chi connectivity index (χ0) is 65.2. The van der Waals surface area contributed by atoms with Crippen LogP contribution in [0.4, 0.5) is 0 Å². The van der Waals surface area contributed by atoms with Gasteiger partial charge in [-0.05, 0) is 50.4 Å². The predicted octanol–water partition coefficient (Wildman–Crippen LogP) is 5.09. The van der Waals surface area contributed by atoms with Crippen LogP contribution in [0, 0.1) is 59.2 Å². The number of likely N-dealkylation sites (tertiary alicyclic amines) is 5. The van der Waals surface area contributed by atoms with Gasteiger partial charge in [-0.3, -0.25) is 47.9 Å². The lowest BCUT2D eigenvalue weighted by molar-refractivity contribution is -0.196. The van der Waals surface area contributed by atoms with Crippen LogP contribution in [0.3, 0.4) is 0 Å². The second kappa shape index (κ2) is 38.7. The van der Waals surface area contributed by atoms with Crippen LogP contribution in [0.5, 0.6) is 0 Å².